The van der Waals surface area contributed by atoms with E-state index in [4.69, 9.17) is 10.2 Å². The summed E-state index contributed by atoms with van der Waals surface area (Å²) in [4.78, 5) is 0. The standard InChI is InChI=1S/C9H18.C2H6O2/c1-4-6-8-9(3)7-5-2;3-1-2-4/h5,7,9H,4,6,8H2,1-3H3;3-4H,1-2H2/b7-5+;. The van der Waals surface area contributed by atoms with Crippen LogP contribution in [0.3, 0.4) is 0 Å². The summed E-state index contributed by atoms with van der Waals surface area (Å²) in [7, 11) is 0. The Labute approximate surface area is 82.3 Å². The zero-order valence-electron chi connectivity index (χ0n) is 9.16. The van der Waals surface area contributed by atoms with Gasteiger partial charge in [0, 0.05) is 0 Å². The van der Waals surface area contributed by atoms with E-state index in [1.165, 1.54) is 19.3 Å². The Morgan fingerprint density at radius 2 is 1.77 bits per heavy atom. The third kappa shape index (κ3) is 18.5. The van der Waals surface area contributed by atoms with Gasteiger partial charge in [0.1, 0.15) is 0 Å². The molecule has 0 aliphatic rings. The van der Waals surface area contributed by atoms with Gasteiger partial charge in [-0.05, 0) is 19.3 Å². The highest BCUT2D eigenvalue weighted by molar-refractivity contribution is 4.82. The maximum absolute atomic E-state index is 7.62. The van der Waals surface area contributed by atoms with Crippen LogP contribution in [0, 0.1) is 5.92 Å². The van der Waals surface area contributed by atoms with Crippen LogP contribution in [0.1, 0.15) is 40.0 Å². The smallest absolute Gasteiger partial charge is 0.0662 e. The molecule has 80 valence electrons. The van der Waals surface area contributed by atoms with Crippen LogP contribution in [0.5, 0.6) is 0 Å². The third-order valence-corrected chi connectivity index (χ3v) is 1.63. The van der Waals surface area contributed by atoms with Crippen molar-refractivity contribution in [3.8, 4) is 0 Å². The van der Waals surface area contributed by atoms with Crippen molar-refractivity contribution < 1.29 is 10.2 Å². The summed E-state index contributed by atoms with van der Waals surface area (Å²) >= 11 is 0. The number of rotatable bonds is 5. The summed E-state index contributed by atoms with van der Waals surface area (Å²) < 4.78 is 0. The van der Waals surface area contributed by atoms with Crippen LogP contribution < -0.4 is 0 Å². The van der Waals surface area contributed by atoms with Gasteiger partial charge in [-0.1, -0.05) is 38.8 Å². The third-order valence-electron chi connectivity index (χ3n) is 1.63. The lowest BCUT2D eigenvalue weighted by molar-refractivity contribution is 0.186. The Balaban J connectivity index is 0. The van der Waals surface area contributed by atoms with Crippen molar-refractivity contribution >= 4 is 0 Å². The molecule has 0 bridgehead atoms. The molecule has 0 fully saturated rings. The largest absolute Gasteiger partial charge is 0.394 e. The highest BCUT2D eigenvalue weighted by Gasteiger charge is 1.92. The van der Waals surface area contributed by atoms with E-state index < -0.39 is 0 Å². The quantitative estimate of drug-likeness (QED) is 0.650. The average Bonchev–Trinajstić information content (AvgIpc) is 2.16. The van der Waals surface area contributed by atoms with Crippen molar-refractivity contribution in [3.05, 3.63) is 12.2 Å². The number of hydrogen-bond donors (Lipinski definition) is 2. The van der Waals surface area contributed by atoms with Gasteiger partial charge >= 0.3 is 0 Å². The number of unbranched alkanes of at least 4 members (excludes halogenated alkanes) is 1. The fraction of sp³-hybridized carbons (Fsp3) is 0.818. The molecule has 2 heteroatoms. The van der Waals surface area contributed by atoms with Crippen LogP contribution in [0.15, 0.2) is 12.2 Å². The predicted octanol–water partition coefficient (Wildman–Crippen LogP) is 2.36. The summed E-state index contributed by atoms with van der Waals surface area (Å²) in [6, 6.07) is 0. The van der Waals surface area contributed by atoms with E-state index in [2.05, 4.69) is 32.9 Å². The van der Waals surface area contributed by atoms with Crippen LogP contribution >= 0.6 is 0 Å². The molecule has 0 aliphatic heterocycles. The van der Waals surface area contributed by atoms with Gasteiger partial charge in [0.15, 0.2) is 0 Å². The van der Waals surface area contributed by atoms with Gasteiger partial charge < -0.3 is 10.2 Å². The fourth-order valence-electron chi connectivity index (χ4n) is 0.951. The first kappa shape index (κ1) is 15.1. The van der Waals surface area contributed by atoms with E-state index in [0.29, 0.717) is 0 Å². The van der Waals surface area contributed by atoms with E-state index in [0.717, 1.165) is 5.92 Å². The van der Waals surface area contributed by atoms with E-state index in [-0.39, 0.29) is 13.2 Å². The molecule has 0 amide bonds. The second-order valence-electron chi connectivity index (χ2n) is 3.09. The van der Waals surface area contributed by atoms with Crippen molar-refractivity contribution in [3.63, 3.8) is 0 Å². The molecule has 0 spiro atoms. The van der Waals surface area contributed by atoms with Gasteiger partial charge in [-0.15, -0.1) is 0 Å². The second kappa shape index (κ2) is 14.2. The second-order valence-corrected chi connectivity index (χ2v) is 3.09. The van der Waals surface area contributed by atoms with Crippen molar-refractivity contribution in [2.75, 3.05) is 13.2 Å². The fourth-order valence-corrected chi connectivity index (χ4v) is 0.951. The lowest BCUT2D eigenvalue weighted by Crippen LogP contribution is -1.87. The molecule has 0 heterocycles. The topological polar surface area (TPSA) is 40.5 Å². The number of allylic oxidation sites excluding steroid dienone is 2. The molecular formula is C11H24O2. The minimum Gasteiger partial charge on any atom is -0.394 e. The van der Waals surface area contributed by atoms with E-state index in [1.54, 1.807) is 0 Å². The Morgan fingerprint density at radius 3 is 2.08 bits per heavy atom. The summed E-state index contributed by atoms with van der Waals surface area (Å²) in [5, 5.41) is 15.2. The molecule has 0 aliphatic carbocycles. The minimum absolute atomic E-state index is 0.125. The van der Waals surface area contributed by atoms with Gasteiger partial charge in [0.05, 0.1) is 13.2 Å². The first-order valence-electron chi connectivity index (χ1n) is 5.07. The van der Waals surface area contributed by atoms with Crippen LogP contribution in [-0.4, -0.2) is 23.4 Å². The SMILES string of the molecule is C/C=C/C(C)CCCC.OCCO. The monoisotopic (exact) mass is 188 g/mol. The maximum atomic E-state index is 7.62. The number of aliphatic hydroxyl groups is 2. The van der Waals surface area contributed by atoms with Crippen molar-refractivity contribution in [1.29, 1.82) is 0 Å². The van der Waals surface area contributed by atoms with E-state index in [9.17, 15) is 0 Å². The van der Waals surface area contributed by atoms with Crippen molar-refractivity contribution in [1.82, 2.24) is 0 Å². The Morgan fingerprint density at radius 1 is 1.23 bits per heavy atom. The van der Waals surface area contributed by atoms with Gasteiger partial charge in [-0.3, -0.25) is 0 Å². The molecule has 13 heavy (non-hydrogen) atoms. The Hall–Kier alpha value is -0.340. The van der Waals surface area contributed by atoms with Gasteiger partial charge in [-0.2, -0.15) is 0 Å². The highest BCUT2D eigenvalue weighted by Crippen LogP contribution is 2.07. The van der Waals surface area contributed by atoms with Crippen molar-refractivity contribution in [2.24, 2.45) is 5.92 Å². The normalized spacial score (nSPS) is 12.4. The lowest BCUT2D eigenvalue weighted by atomic mass is 10.0. The van der Waals surface area contributed by atoms with E-state index in [1.807, 2.05) is 0 Å². The molecule has 1 atom stereocenters. The molecule has 2 nitrogen and oxygen atoms in total. The summed E-state index contributed by atoms with van der Waals surface area (Å²) in [5.74, 6) is 0.787. The van der Waals surface area contributed by atoms with Crippen LogP contribution in [0.2, 0.25) is 0 Å². The summed E-state index contributed by atoms with van der Waals surface area (Å²) in [5.41, 5.74) is 0. The maximum Gasteiger partial charge on any atom is 0.0662 e. The van der Waals surface area contributed by atoms with E-state index >= 15 is 0 Å². The molecule has 0 aromatic heterocycles. The Bertz CT molecular complexity index is 98.3. The highest BCUT2D eigenvalue weighted by atomic mass is 16.3. The van der Waals surface area contributed by atoms with Crippen LogP contribution in [0.4, 0.5) is 0 Å². The minimum atomic E-state index is -0.125. The predicted molar refractivity (Wildman–Crippen MR) is 57.7 cm³/mol. The molecule has 1 unspecified atom stereocenters. The van der Waals surface area contributed by atoms with Crippen molar-refractivity contribution in [2.45, 2.75) is 40.0 Å². The van der Waals surface area contributed by atoms with Crippen LogP contribution in [-0.2, 0) is 0 Å². The molecule has 0 aromatic rings. The average molecular weight is 188 g/mol. The number of hydrogen-bond acceptors (Lipinski definition) is 2. The summed E-state index contributed by atoms with van der Waals surface area (Å²) in [6.07, 6.45) is 8.45. The lowest BCUT2D eigenvalue weighted by Gasteiger charge is -2.02. The summed E-state index contributed by atoms with van der Waals surface area (Å²) in [6.45, 7) is 6.35. The molecule has 0 rings (SSSR count). The zero-order valence-corrected chi connectivity index (χ0v) is 9.16. The molecular weight excluding hydrogens is 164 g/mol. The molecule has 0 aromatic carbocycles. The Kier molecular flexibility index (Phi) is 16.5. The van der Waals surface area contributed by atoms with Crippen LogP contribution in [0.25, 0.3) is 0 Å². The molecule has 2 N–H and O–H groups in total. The van der Waals surface area contributed by atoms with Gasteiger partial charge in [0.2, 0.25) is 0 Å². The zero-order chi connectivity index (χ0) is 10.5. The molecule has 0 saturated heterocycles. The first-order valence-corrected chi connectivity index (χ1v) is 5.07. The molecule has 0 radical (unpaired) electrons. The van der Waals surface area contributed by atoms with Gasteiger partial charge in [-0.25, -0.2) is 0 Å². The first-order chi connectivity index (χ1) is 6.22. The molecule has 0 saturated carbocycles. The number of aliphatic hydroxyl groups excluding tert-OH is 2. The van der Waals surface area contributed by atoms with Gasteiger partial charge in [0.25, 0.3) is 0 Å².